The summed E-state index contributed by atoms with van der Waals surface area (Å²) in [7, 11) is 0. The van der Waals surface area contributed by atoms with E-state index in [2.05, 4.69) is 15.3 Å². The predicted octanol–water partition coefficient (Wildman–Crippen LogP) is 1.49. The summed E-state index contributed by atoms with van der Waals surface area (Å²) in [6, 6.07) is 0. The van der Waals surface area contributed by atoms with Crippen molar-refractivity contribution in [3.05, 3.63) is 10.8 Å². The second-order valence-corrected chi connectivity index (χ2v) is 4.50. The van der Waals surface area contributed by atoms with Crippen LogP contribution in [0, 0.1) is 0 Å². The van der Waals surface area contributed by atoms with Crippen molar-refractivity contribution in [2.75, 3.05) is 6.54 Å². The molecular formula is C8H10F3N5S. The first-order valence-corrected chi connectivity index (χ1v) is 5.82. The Morgan fingerprint density at radius 2 is 2.00 bits per heavy atom. The quantitative estimate of drug-likeness (QED) is 0.850. The third-order valence-corrected chi connectivity index (χ3v) is 3.09. The normalized spacial score (nSPS) is 12.5. The lowest BCUT2D eigenvalue weighted by atomic mass is 10.2. The van der Waals surface area contributed by atoms with Crippen LogP contribution in [0.2, 0.25) is 0 Å². The number of unbranched alkanes of at least 4 members (excludes halogenated alkanes) is 1. The van der Waals surface area contributed by atoms with Crippen LogP contribution in [0.5, 0.6) is 0 Å². The third kappa shape index (κ3) is 2.55. The molecule has 0 saturated heterocycles. The number of alkyl halides is 3. The molecule has 0 spiro atoms. The fourth-order valence-corrected chi connectivity index (χ4v) is 2.23. The predicted molar refractivity (Wildman–Crippen MR) is 55.7 cm³/mol. The summed E-state index contributed by atoms with van der Waals surface area (Å²) in [6.45, 7) is 0.567. The Bertz CT molecular complexity index is 503. The molecule has 2 rings (SSSR count). The molecule has 2 heterocycles. The van der Waals surface area contributed by atoms with Gasteiger partial charge in [0.25, 0.3) is 5.82 Å². The van der Waals surface area contributed by atoms with Gasteiger partial charge in [-0.15, -0.1) is 10.2 Å². The van der Waals surface area contributed by atoms with Gasteiger partial charge in [-0.05, 0) is 19.4 Å². The largest absolute Gasteiger partial charge is 0.453 e. The van der Waals surface area contributed by atoms with Gasteiger partial charge < -0.3 is 5.73 Å². The monoisotopic (exact) mass is 265 g/mol. The Labute approximate surface area is 98.4 Å². The minimum Gasteiger partial charge on any atom is -0.330 e. The van der Waals surface area contributed by atoms with Gasteiger partial charge in [-0.2, -0.15) is 22.8 Å². The van der Waals surface area contributed by atoms with Crippen molar-refractivity contribution in [2.45, 2.75) is 25.4 Å². The number of hydrogen-bond acceptors (Lipinski definition) is 5. The summed E-state index contributed by atoms with van der Waals surface area (Å²) in [4.78, 5) is 0.167. The zero-order chi connectivity index (χ0) is 12.5. The van der Waals surface area contributed by atoms with Crippen molar-refractivity contribution in [3.8, 4) is 0 Å². The average molecular weight is 265 g/mol. The highest BCUT2D eigenvalue weighted by molar-refractivity contribution is 7.16. The number of hydrogen-bond donors (Lipinski definition) is 1. The van der Waals surface area contributed by atoms with E-state index in [1.165, 1.54) is 0 Å². The summed E-state index contributed by atoms with van der Waals surface area (Å²) >= 11 is 1.12. The number of halogens is 3. The molecule has 0 atom stereocenters. The Morgan fingerprint density at radius 1 is 1.24 bits per heavy atom. The van der Waals surface area contributed by atoms with E-state index in [0.717, 1.165) is 28.7 Å². The van der Waals surface area contributed by atoms with Crippen LogP contribution in [-0.2, 0) is 12.6 Å². The zero-order valence-corrected chi connectivity index (χ0v) is 9.55. The Morgan fingerprint density at radius 3 is 2.65 bits per heavy atom. The summed E-state index contributed by atoms with van der Waals surface area (Å²) in [5.41, 5.74) is 5.34. The van der Waals surface area contributed by atoms with E-state index in [-0.39, 0.29) is 4.96 Å². The molecular weight excluding hydrogens is 255 g/mol. The molecule has 2 aromatic heterocycles. The van der Waals surface area contributed by atoms with Crippen molar-refractivity contribution < 1.29 is 13.2 Å². The first-order chi connectivity index (χ1) is 8.02. The molecule has 0 aromatic carbocycles. The lowest BCUT2D eigenvalue weighted by Gasteiger charge is -2.00. The molecule has 17 heavy (non-hydrogen) atoms. The second kappa shape index (κ2) is 4.57. The van der Waals surface area contributed by atoms with E-state index in [0.29, 0.717) is 18.0 Å². The molecule has 5 nitrogen and oxygen atoms in total. The molecule has 0 radical (unpaired) electrons. The average Bonchev–Trinajstić information content (AvgIpc) is 2.74. The Kier molecular flexibility index (Phi) is 3.29. The molecule has 94 valence electrons. The van der Waals surface area contributed by atoms with E-state index < -0.39 is 12.0 Å². The van der Waals surface area contributed by atoms with E-state index in [1.807, 2.05) is 0 Å². The third-order valence-electron chi connectivity index (χ3n) is 2.13. The molecule has 9 heteroatoms. The molecule has 2 aromatic rings. The van der Waals surface area contributed by atoms with Crippen LogP contribution < -0.4 is 5.73 Å². The molecule has 0 fully saturated rings. The molecule has 0 bridgehead atoms. The van der Waals surface area contributed by atoms with Crippen molar-refractivity contribution in [1.82, 2.24) is 19.8 Å². The molecule has 2 N–H and O–H groups in total. The fourth-order valence-electron chi connectivity index (χ4n) is 1.35. The van der Waals surface area contributed by atoms with E-state index in [4.69, 9.17) is 5.73 Å². The van der Waals surface area contributed by atoms with Crippen molar-refractivity contribution in [3.63, 3.8) is 0 Å². The van der Waals surface area contributed by atoms with Gasteiger partial charge in [0.15, 0.2) is 0 Å². The van der Waals surface area contributed by atoms with Crippen LogP contribution in [0.4, 0.5) is 13.2 Å². The van der Waals surface area contributed by atoms with Crippen molar-refractivity contribution in [2.24, 2.45) is 5.73 Å². The summed E-state index contributed by atoms with van der Waals surface area (Å²) < 4.78 is 38.2. The number of aromatic nitrogens is 4. The first kappa shape index (κ1) is 12.2. The number of nitrogens with two attached hydrogens (primary N) is 1. The fraction of sp³-hybridized carbons (Fsp3) is 0.625. The maximum absolute atomic E-state index is 12.5. The van der Waals surface area contributed by atoms with Gasteiger partial charge in [0.1, 0.15) is 5.01 Å². The molecule has 0 aliphatic carbocycles. The van der Waals surface area contributed by atoms with E-state index in [1.54, 1.807) is 0 Å². The number of nitrogens with zero attached hydrogens (tertiary/aromatic N) is 4. The van der Waals surface area contributed by atoms with Gasteiger partial charge in [-0.25, -0.2) is 0 Å². The maximum Gasteiger partial charge on any atom is 0.453 e. The molecule has 0 saturated carbocycles. The highest BCUT2D eigenvalue weighted by Gasteiger charge is 2.38. The SMILES string of the molecule is NCCCCc1nn2c(C(F)(F)F)nnc2s1. The van der Waals surface area contributed by atoms with Crippen LogP contribution >= 0.6 is 11.3 Å². The van der Waals surface area contributed by atoms with Gasteiger partial charge in [0, 0.05) is 6.42 Å². The Hall–Kier alpha value is -1.22. The van der Waals surface area contributed by atoms with Crippen molar-refractivity contribution >= 4 is 16.3 Å². The number of fused-ring (bicyclic) bond motifs is 1. The minimum atomic E-state index is -4.53. The molecule has 0 aliphatic rings. The summed E-state index contributed by atoms with van der Waals surface area (Å²) in [5, 5.41) is 11.0. The van der Waals surface area contributed by atoms with Crippen LogP contribution in [0.25, 0.3) is 4.96 Å². The van der Waals surface area contributed by atoms with Crippen LogP contribution in [-0.4, -0.2) is 26.4 Å². The molecule has 0 amide bonds. The lowest BCUT2D eigenvalue weighted by molar-refractivity contribution is -0.146. The highest BCUT2D eigenvalue weighted by atomic mass is 32.1. The van der Waals surface area contributed by atoms with Gasteiger partial charge in [-0.1, -0.05) is 11.3 Å². The Balaban J connectivity index is 2.23. The van der Waals surface area contributed by atoms with Crippen LogP contribution in [0.3, 0.4) is 0 Å². The number of aryl methyl sites for hydroxylation is 1. The maximum atomic E-state index is 12.5. The van der Waals surface area contributed by atoms with Gasteiger partial charge in [0.2, 0.25) is 4.96 Å². The van der Waals surface area contributed by atoms with Gasteiger partial charge in [-0.3, -0.25) is 0 Å². The number of rotatable bonds is 4. The molecule has 0 unspecified atom stereocenters. The second-order valence-electron chi connectivity index (χ2n) is 3.46. The molecule has 0 aliphatic heterocycles. The smallest absolute Gasteiger partial charge is 0.330 e. The van der Waals surface area contributed by atoms with Crippen LogP contribution in [0.1, 0.15) is 23.7 Å². The zero-order valence-electron chi connectivity index (χ0n) is 8.74. The highest BCUT2D eigenvalue weighted by Crippen LogP contribution is 2.29. The topological polar surface area (TPSA) is 69.1 Å². The van der Waals surface area contributed by atoms with Gasteiger partial charge in [0.05, 0.1) is 0 Å². The summed E-state index contributed by atoms with van der Waals surface area (Å²) in [6.07, 6.45) is -2.28. The van der Waals surface area contributed by atoms with Crippen molar-refractivity contribution in [1.29, 1.82) is 0 Å². The van der Waals surface area contributed by atoms with E-state index >= 15 is 0 Å². The lowest BCUT2D eigenvalue weighted by Crippen LogP contribution is -2.11. The van der Waals surface area contributed by atoms with Gasteiger partial charge >= 0.3 is 6.18 Å². The van der Waals surface area contributed by atoms with E-state index in [9.17, 15) is 13.2 Å². The summed E-state index contributed by atoms with van der Waals surface area (Å²) in [5.74, 6) is -1.08. The van der Waals surface area contributed by atoms with Crippen LogP contribution in [0.15, 0.2) is 0 Å². The first-order valence-electron chi connectivity index (χ1n) is 5.01. The standard InChI is InChI=1S/C8H10F3N5S/c9-8(10,11)6-13-14-7-16(6)15-5(17-7)3-1-2-4-12/h1-4,12H2. The minimum absolute atomic E-state index is 0.167.